The predicted molar refractivity (Wildman–Crippen MR) is 91.3 cm³/mol. The molecule has 0 bridgehead atoms. The summed E-state index contributed by atoms with van der Waals surface area (Å²) < 4.78 is 5.34. The largest absolute Gasteiger partial charge is 0.461 e. The fraction of sp³-hybridized carbons (Fsp3) is 0.278. The fourth-order valence-corrected chi connectivity index (χ4v) is 2.85. The summed E-state index contributed by atoms with van der Waals surface area (Å²) in [5, 5.41) is 0. The summed E-state index contributed by atoms with van der Waals surface area (Å²) in [5.41, 5.74) is 1.66. The van der Waals surface area contributed by atoms with Crippen LogP contribution in [0.2, 0.25) is 0 Å². The van der Waals surface area contributed by atoms with Crippen LogP contribution in [0.15, 0.2) is 59.5 Å². The Morgan fingerprint density at radius 2 is 1.73 bits per heavy atom. The van der Waals surface area contributed by atoms with Crippen molar-refractivity contribution in [1.29, 1.82) is 0 Å². The molecule has 116 valence electrons. The average Bonchev–Trinajstić information content (AvgIpc) is 2.54. The minimum atomic E-state index is -0.244. The van der Waals surface area contributed by atoms with Gasteiger partial charge in [0, 0.05) is 17.2 Å². The number of ether oxygens (including phenoxy) is 1. The molecular formula is C18H21NO2S. The summed E-state index contributed by atoms with van der Waals surface area (Å²) in [7, 11) is 3.91. The van der Waals surface area contributed by atoms with E-state index in [0.717, 1.165) is 17.9 Å². The van der Waals surface area contributed by atoms with Gasteiger partial charge in [0.2, 0.25) is 0 Å². The van der Waals surface area contributed by atoms with Crippen LogP contribution in [-0.4, -0.2) is 38.1 Å². The predicted octanol–water partition coefficient (Wildman–Crippen LogP) is 3.70. The lowest BCUT2D eigenvalue weighted by Gasteiger charge is -2.12. The molecule has 0 aliphatic carbocycles. The van der Waals surface area contributed by atoms with E-state index in [9.17, 15) is 4.79 Å². The van der Waals surface area contributed by atoms with Gasteiger partial charge in [0.15, 0.2) is 0 Å². The zero-order valence-corrected chi connectivity index (χ0v) is 13.8. The molecular weight excluding hydrogens is 294 g/mol. The van der Waals surface area contributed by atoms with Crippen molar-refractivity contribution in [2.45, 2.75) is 10.6 Å². The van der Waals surface area contributed by atoms with Crippen molar-refractivity contribution in [1.82, 2.24) is 4.90 Å². The molecule has 3 nitrogen and oxygen atoms in total. The van der Waals surface area contributed by atoms with E-state index < -0.39 is 0 Å². The number of likely N-dealkylation sites (N-methyl/N-ethyl adjacent to an activating group) is 1. The molecule has 22 heavy (non-hydrogen) atoms. The van der Waals surface area contributed by atoms with Crippen LogP contribution in [0.25, 0.3) is 0 Å². The van der Waals surface area contributed by atoms with Gasteiger partial charge in [-0.15, -0.1) is 11.8 Å². The number of hydrogen-bond donors (Lipinski definition) is 0. The van der Waals surface area contributed by atoms with E-state index in [4.69, 9.17) is 4.74 Å². The van der Waals surface area contributed by atoms with Crippen LogP contribution in [0, 0.1) is 0 Å². The molecule has 0 unspecified atom stereocenters. The number of esters is 1. The number of nitrogens with zero attached hydrogens (tertiary/aromatic N) is 1. The van der Waals surface area contributed by atoms with E-state index in [1.165, 1.54) is 4.90 Å². The molecule has 0 radical (unpaired) electrons. The highest BCUT2D eigenvalue weighted by atomic mass is 32.2. The van der Waals surface area contributed by atoms with Gasteiger partial charge in [-0.05, 0) is 37.9 Å². The zero-order valence-electron chi connectivity index (χ0n) is 13.0. The van der Waals surface area contributed by atoms with Gasteiger partial charge in [-0.1, -0.05) is 36.4 Å². The number of carbonyl (C=O) groups is 1. The van der Waals surface area contributed by atoms with E-state index in [2.05, 4.69) is 12.1 Å². The molecule has 4 heteroatoms. The lowest BCUT2D eigenvalue weighted by molar-refractivity contribution is 0.0481. The van der Waals surface area contributed by atoms with E-state index in [-0.39, 0.29) is 5.97 Å². The Morgan fingerprint density at radius 1 is 1.05 bits per heavy atom. The van der Waals surface area contributed by atoms with Crippen LogP contribution in [0.3, 0.4) is 0 Å². The standard InChI is InChI=1S/C18H21NO2S/c1-19(2)12-13-21-18(20)17-11-7-6-8-15(17)14-22-16-9-4-3-5-10-16/h3-11H,12-14H2,1-2H3. The van der Waals surface area contributed by atoms with Crippen molar-refractivity contribution in [3.8, 4) is 0 Å². The van der Waals surface area contributed by atoms with Gasteiger partial charge in [-0.3, -0.25) is 0 Å². The second-order valence-electron chi connectivity index (χ2n) is 5.20. The molecule has 0 N–H and O–H groups in total. The third-order valence-corrected chi connectivity index (χ3v) is 4.21. The smallest absolute Gasteiger partial charge is 0.338 e. The van der Waals surface area contributed by atoms with Crippen molar-refractivity contribution in [3.63, 3.8) is 0 Å². The van der Waals surface area contributed by atoms with Gasteiger partial charge in [-0.2, -0.15) is 0 Å². The molecule has 0 aliphatic rings. The second kappa shape index (κ2) is 8.61. The van der Waals surface area contributed by atoms with Crippen LogP contribution < -0.4 is 0 Å². The molecule has 0 amide bonds. The third-order valence-electron chi connectivity index (χ3n) is 3.15. The molecule has 0 aliphatic heterocycles. The number of hydrogen-bond acceptors (Lipinski definition) is 4. The number of benzene rings is 2. The first-order valence-corrected chi connectivity index (χ1v) is 8.23. The van der Waals surface area contributed by atoms with Crippen molar-refractivity contribution < 1.29 is 9.53 Å². The Labute approximate surface area is 136 Å². The van der Waals surface area contributed by atoms with Crippen LogP contribution in [0.4, 0.5) is 0 Å². The normalized spacial score (nSPS) is 10.7. The van der Waals surface area contributed by atoms with Crippen molar-refractivity contribution in [2.24, 2.45) is 0 Å². The first-order valence-electron chi connectivity index (χ1n) is 7.24. The SMILES string of the molecule is CN(C)CCOC(=O)c1ccccc1CSc1ccccc1. The third kappa shape index (κ3) is 5.20. The van der Waals surface area contributed by atoms with E-state index in [1.807, 2.05) is 61.5 Å². The van der Waals surface area contributed by atoms with Gasteiger partial charge >= 0.3 is 5.97 Å². The van der Waals surface area contributed by atoms with Crippen molar-refractivity contribution in [2.75, 3.05) is 27.2 Å². The number of thioether (sulfide) groups is 1. The maximum atomic E-state index is 12.2. The highest BCUT2D eigenvalue weighted by Crippen LogP contribution is 2.24. The molecule has 0 atom stereocenters. The summed E-state index contributed by atoms with van der Waals surface area (Å²) in [4.78, 5) is 15.4. The van der Waals surface area contributed by atoms with Gasteiger partial charge < -0.3 is 9.64 Å². The molecule has 0 aromatic heterocycles. The Bertz CT molecular complexity index is 599. The molecule has 0 spiro atoms. The van der Waals surface area contributed by atoms with Gasteiger partial charge in [0.1, 0.15) is 6.61 Å². The van der Waals surface area contributed by atoms with Crippen molar-refractivity contribution in [3.05, 3.63) is 65.7 Å². The molecule has 0 saturated carbocycles. The molecule has 2 aromatic rings. The second-order valence-corrected chi connectivity index (χ2v) is 6.25. The molecule has 0 heterocycles. The lowest BCUT2D eigenvalue weighted by atomic mass is 10.1. The number of rotatable bonds is 7. The Hall–Kier alpha value is -1.78. The van der Waals surface area contributed by atoms with Gasteiger partial charge in [-0.25, -0.2) is 4.79 Å². The fourth-order valence-electron chi connectivity index (χ4n) is 1.92. The molecule has 2 rings (SSSR count). The Balaban J connectivity index is 1.98. The van der Waals surface area contributed by atoms with Crippen molar-refractivity contribution >= 4 is 17.7 Å². The zero-order chi connectivity index (χ0) is 15.8. The van der Waals surface area contributed by atoms with Gasteiger partial charge in [0.05, 0.1) is 5.56 Å². The quantitative estimate of drug-likeness (QED) is 0.575. The summed E-state index contributed by atoms with van der Waals surface area (Å²) in [5.74, 6) is 0.509. The Kier molecular flexibility index (Phi) is 6.49. The monoisotopic (exact) mass is 315 g/mol. The lowest BCUT2D eigenvalue weighted by Crippen LogP contribution is -2.20. The van der Waals surface area contributed by atoms with E-state index in [1.54, 1.807) is 11.8 Å². The minimum absolute atomic E-state index is 0.244. The molecule has 0 fully saturated rings. The number of carbonyl (C=O) groups excluding carboxylic acids is 1. The first kappa shape index (κ1) is 16.6. The van der Waals surface area contributed by atoms with Crippen LogP contribution in [0.5, 0.6) is 0 Å². The van der Waals surface area contributed by atoms with Gasteiger partial charge in [0.25, 0.3) is 0 Å². The van der Waals surface area contributed by atoms with Crippen LogP contribution in [0.1, 0.15) is 15.9 Å². The minimum Gasteiger partial charge on any atom is -0.461 e. The maximum Gasteiger partial charge on any atom is 0.338 e. The molecule has 0 saturated heterocycles. The highest BCUT2D eigenvalue weighted by Gasteiger charge is 2.12. The molecule has 2 aromatic carbocycles. The summed E-state index contributed by atoms with van der Waals surface area (Å²) in [6.07, 6.45) is 0. The summed E-state index contributed by atoms with van der Waals surface area (Å²) in [6.45, 7) is 1.14. The van der Waals surface area contributed by atoms with Crippen LogP contribution >= 0.6 is 11.8 Å². The Morgan fingerprint density at radius 3 is 2.45 bits per heavy atom. The topological polar surface area (TPSA) is 29.5 Å². The summed E-state index contributed by atoms with van der Waals surface area (Å²) in [6, 6.07) is 17.8. The highest BCUT2D eigenvalue weighted by molar-refractivity contribution is 7.98. The van der Waals surface area contributed by atoms with Crippen LogP contribution in [-0.2, 0) is 10.5 Å². The summed E-state index contributed by atoms with van der Waals surface area (Å²) >= 11 is 1.72. The van der Waals surface area contributed by atoms with E-state index >= 15 is 0 Å². The van der Waals surface area contributed by atoms with E-state index in [0.29, 0.717) is 12.2 Å². The average molecular weight is 315 g/mol. The maximum absolute atomic E-state index is 12.2. The first-order chi connectivity index (χ1) is 10.7.